The molecule has 0 saturated heterocycles. The summed E-state index contributed by atoms with van der Waals surface area (Å²) in [7, 11) is 0. The van der Waals surface area contributed by atoms with E-state index in [4.69, 9.17) is 30.6 Å². The monoisotopic (exact) mass is 289 g/mol. The second kappa shape index (κ2) is 8.02. The Morgan fingerprint density at radius 3 is 1.75 bits per heavy atom. The Hall–Kier alpha value is -0.147. The molecule has 9 heteroatoms. The van der Waals surface area contributed by atoms with E-state index in [9.17, 15) is 9.90 Å². The minimum absolute atomic E-state index is 0. The minimum atomic E-state index is -2.40. The fourth-order valence-electron chi connectivity index (χ4n) is 0.864. The van der Waals surface area contributed by atoms with E-state index in [1.54, 1.807) is 0 Å². The van der Waals surface area contributed by atoms with E-state index in [-0.39, 0.29) is 19.5 Å². The number of aliphatic carboxylic acids is 1. The Bertz CT molecular complexity index is 213. The summed E-state index contributed by atoms with van der Waals surface area (Å²) < 4.78 is 0. The zero-order chi connectivity index (χ0) is 12.2. The Kier molecular flexibility index (Phi) is 9.13. The summed E-state index contributed by atoms with van der Waals surface area (Å²) in [4.78, 5) is 10.1. The molecule has 0 rings (SSSR count). The van der Waals surface area contributed by atoms with E-state index in [2.05, 4.69) is 0 Å². The van der Waals surface area contributed by atoms with E-state index in [0.29, 0.717) is 0 Å². The average molecular weight is 291 g/mol. The molecule has 0 spiro atoms. The molecular formula is C7H13O8Zn+. The third-order valence-electron chi connectivity index (χ3n) is 1.85. The van der Waals surface area contributed by atoms with Gasteiger partial charge in [-0.15, -0.1) is 0 Å². The van der Waals surface area contributed by atoms with Gasteiger partial charge in [0, 0.05) is 0 Å². The molecule has 0 fully saturated rings. The van der Waals surface area contributed by atoms with Gasteiger partial charge >= 0.3 is 19.5 Å². The van der Waals surface area contributed by atoms with Crippen LogP contribution in [0.2, 0.25) is 0 Å². The van der Waals surface area contributed by atoms with Gasteiger partial charge in [0.05, 0.1) is 12.6 Å². The Morgan fingerprint density at radius 1 is 1.00 bits per heavy atom. The summed E-state index contributed by atoms with van der Waals surface area (Å²) in [6.07, 6.45) is -10.5. The molecule has 5 atom stereocenters. The maximum absolute atomic E-state index is 10.1. The predicted octanol–water partition coefficient (Wildman–Crippen LogP) is -5.47. The molecule has 0 radical (unpaired) electrons. The molecule has 0 aliphatic carbocycles. The topological polar surface area (TPSA) is 162 Å². The molecule has 0 aliphatic rings. The Balaban J connectivity index is 0. The second-order valence-electron chi connectivity index (χ2n) is 2.99. The average Bonchev–Trinajstić information content (AvgIpc) is 2.23. The van der Waals surface area contributed by atoms with Crippen molar-refractivity contribution < 1.29 is 60.0 Å². The normalized spacial score (nSPS) is 20.1. The zero-order valence-corrected chi connectivity index (χ0v) is 11.3. The van der Waals surface area contributed by atoms with E-state index in [1.807, 2.05) is 0 Å². The molecule has 0 aliphatic heterocycles. The van der Waals surface area contributed by atoms with Crippen LogP contribution in [0.1, 0.15) is 0 Å². The number of rotatable bonds is 6. The molecule has 0 amide bonds. The van der Waals surface area contributed by atoms with Crippen LogP contribution in [-0.2, 0) is 24.3 Å². The second-order valence-corrected chi connectivity index (χ2v) is 2.99. The van der Waals surface area contributed by atoms with Gasteiger partial charge in [-0.1, -0.05) is 0 Å². The van der Waals surface area contributed by atoms with Crippen molar-refractivity contribution in [3.8, 4) is 0 Å². The third kappa shape index (κ3) is 4.79. The Morgan fingerprint density at radius 2 is 1.44 bits per heavy atom. The number of carbonyl (C=O) groups excluding carboxylic acids is 1. The van der Waals surface area contributed by atoms with Crippen molar-refractivity contribution >= 4 is 5.97 Å². The van der Waals surface area contributed by atoms with Gasteiger partial charge in [-0.2, -0.15) is 0 Å². The SMILES string of the molecule is O=C([O-])[C@@H](O)[C@H](O)[C@@H](O)[C@H](O)[C@H](O)CO.[Zn+2]. The molecule has 90 valence electrons. The van der Waals surface area contributed by atoms with Crippen molar-refractivity contribution in [1.82, 2.24) is 0 Å². The number of aliphatic hydroxyl groups is 6. The molecule has 6 N–H and O–H groups in total. The summed E-state index contributed by atoms with van der Waals surface area (Å²) in [6.45, 7) is -0.896. The van der Waals surface area contributed by atoms with Crippen LogP contribution >= 0.6 is 0 Å². The molecule has 16 heavy (non-hydrogen) atoms. The Labute approximate surface area is 104 Å². The molecule has 0 aromatic carbocycles. The van der Waals surface area contributed by atoms with Gasteiger partial charge in [0.2, 0.25) is 0 Å². The molecule has 0 unspecified atom stereocenters. The molecule has 0 aromatic heterocycles. The largest absolute Gasteiger partial charge is 2.00 e. The number of carbonyl (C=O) groups is 1. The number of carboxylic acid groups (broad SMARTS) is 1. The summed E-state index contributed by atoms with van der Waals surface area (Å²) in [6, 6.07) is 0. The number of hydrogen-bond donors (Lipinski definition) is 6. The molecular weight excluding hydrogens is 277 g/mol. The maximum Gasteiger partial charge on any atom is 2.00 e. The van der Waals surface area contributed by atoms with Crippen LogP contribution in [0.5, 0.6) is 0 Å². The first kappa shape index (κ1) is 18.2. The van der Waals surface area contributed by atoms with Crippen molar-refractivity contribution in [2.45, 2.75) is 30.5 Å². The van der Waals surface area contributed by atoms with Crippen LogP contribution in [0, 0.1) is 0 Å². The standard InChI is InChI=1S/C7H14O8.Zn/c8-1-2(9)3(10)4(11)5(12)6(13)7(14)15;/h2-6,8-13H,1H2,(H,14,15);/q;+2/p-1/t2-,3-,4+,5-,6+;/m1./s1. The van der Waals surface area contributed by atoms with Gasteiger partial charge < -0.3 is 40.5 Å². The van der Waals surface area contributed by atoms with Gasteiger partial charge in [-0.3, -0.25) is 0 Å². The van der Waals surface area contributed by atoms with Crippen LogP contribution in [0.4, 0.5) is 0 Å². The van der Waals surface area contributed by atoms with E-state index < -0.39 is 43.1 Å². The van der Waals surface area contributed by atoms with Gasteiger partial charge in [0.1, 0.15) is 30.5 Å². The van der Waals surface area contributed by atoms with E-state index >= 15 is 0 Å². The molecule has 0 bridgehead atoms. The van der Waals surface area contributed by atoms with Gasteiger partial charge in [0.25, 0.3) is 0 Å². The predicted molar refractivity (Wildman–Crippen MR) is 42.1 cm³/mol. The number of hydrogen-bond acceptors (Lipinski definition) is 8. The zero-order valence-electron chi connectivity index (χ0n) is 8.30. The molecule has 0 heterocycles. The molecule has 8 nitrogen and oxygen atoms in total. The van der Waals surface area contributed by atoms with Crippen molar-refractivity contribution in [3.05, 3.63) is 0 Å². The molecule has 0 aromatic rings. The third-order valence-corrected chi connectivity index (χ3v) is 1.85. The summed E-state index contributed by atoms with van der Waals surface area (Å²) in [5.74, 6) is -2.03. The first-order valence-corrected chi connectivity index (χ1v) is 4.05. The van der Waals surface area contributed by atoms with Crippen LogP contribution in [0.25, 0.3) is 0 Å². The van der Waals surface area contributed by atoms with Crippen LogP contribution in [-0.4, -0.2) is 73.7 Å². The summed E-state index contributed by atoms with van der Waals surface area (Å²) in [5.41, 5.74) is 0. The van der Waals surface area contributed by atoms with Crippen molar-refractivity contribution in [3.63, 3.8) is 0 Å². The van der Waals surface area contributed by atoms with E-state index in [0.717, 1.165) is 0 Å². The van der Waals surface area contributed by atoms with Crippen molar-refractivity contribution in [2.24, 2.45) is 0 Å². The quantitative estimate of drug-likeness (QED) is 0.264. The van der Waals surface area contributed by atoms with Crippen molar-refractivity contribution in [1.29, 1.82) is 0 Å². The minimum Gasteiger partial charge on any atom is -0.547 e. The summed E-state index contributed by atoms with van der Waals surface area (Å²) in [5, 5.41) is 63.2. The number of aliphatic hydroxyl groups excluding tert-OH is 6. The maximum atomic E-state index is 10.1. The van der Waals surface area contributed by atoms with Crippen molar-refractivity contribution in [2.75, 3.05) is 6.61 Å². The van der Waals surface area contributed by atoms with Gasteiger partial charge in [-0.25, -0.2) is 0 Å². The van der Waals surface area contributed by atoms with Crippen LogP contribution in [0.15, 0.2) is 0 Å². The van der Waals surface area contributed by atoms with Crippen LogP contribution < -0.4 is 5.11 Å². The van der Waals surface area contributed by atoms with E-state index in [1.165, 1.54) is 0 Å². The summed E-state index contributed by atoms with van der Waals surface area (Å²) >= 11 is 0. The first-order chi connectivity index (χ1) is 6.82. The van der Waals surface area contributed by atoms with Gasteiger partial charge in [0.15, 0.2) is 0 Å². The molecule has 0 saturated carbocycles. The number of carboxylic acids is 1. The fraction of sp³-hybridized carbons (Fsp3) is 0.857. The van der Waals surface area contributed by atoms with Crippen LogP contribution in [0.3, 0.4) is 0 Å². The first-order valence-electron chi connectivity index (χ1n) is 4.05. The fourth-order valence-corrected chi connectivity index (χ4v) is 0.864. The smallest absolute Gasteiger partial charge is 0.547 e. The van der Waals surface area contributed by atoms with Gasteiger partial charge in [-0.05, 0) is 0 Å².